The van der Waals surface area contributed by atoms with Crippen molar-refractivity contribution < 1.29 is 9.31 Å². The topological polar surface area (TPSA) is 44.2 Å². The van der Waals surface area contributed by atoms with Gasteiger partial charge in [0.15, 0.2) is 0 Å². The fourth-order valence-electron chi connectivity index (χ4n) is 1.63. The van der Waals surface area contributed by atoms with Crippen LogP contribution in [0.25, 0.3) is 0 Å². The molecule has 86 valence electrons. The van der Waals surface area contributed by atoms with Crippen LogP contribution >= 0.6 is 0 Å². The van der Waals surface area contributed by atoms with Crippen molar-refractivity contribution in [3.8, 4) is 0 Å². The van der Waals surface area contributed by atoms with Crippen molar-refractivity contribution in [2.45, 2.75) is 45.8 Å². The Balaban J connectivity index is 2.31. The molecule has 0 spiro atoms. The fourth-order valence-corrected chi connectivity index (χ4v) is 1.63. The van der Waals surface area contributed by atoms with E-state index in [0.29, 0.717) is 0 Å². The van der Waals surface area contributed by atoms with Gasteiger partial charge in [-0.2, -0.15) is 10.2 Å². The molecule has 4 nitrogen and oxygen atoms in total. The zero-order valence-corrected chi connectivity index (χ0v) is 10.4. The minimum Gasteiger partial charge on any atom is -0.399 e. The Labute approximate surface area is 96.5 Å². The van der Waals surface area contributed by atoms with Crippen molar-refractivity contribution in [1.82, 2.24) is 10.2 Å². The van der Waals surface area contributed by atoms with Crippen LogP contribution in [0.1, 0.15) is 33.4 Å². The predicted octanol–water partition coefficient (Wildman–Crippen LogP) is 1.08. The smallest absolute Gasteiger partial charge is 0.399 e. The molecular weight excluding hydrogens is 203 g/mol. The molecule has 16 heavy (non-hydrogen) atoms. The average molecular weight is 220 g/mol. The van der Waals surface area contributed by atoms with Crippen LogP contribution in [0.3, 0.4) is 0 Å². The highest BCUT2D eigenvalue weighted by molar-refractivity contribution is 6.62. The highest BCUT2D eigenvalue weighted by atomic mass is 16.7. The molecule has 2 heterocycles. The van der Waals surface area contributed by atoms with Gasteiger partial charge >= 0.3 is 7.12 Å². The molecule has 5 heteroatoms. The van der Waals surface area contributed by atoms with Crippen molar-refractivity contribution >= 4 is 12.6 Å². The lowest BCUT2D eigenvalue weighted by atomic mass is 9.78. The van der Waals surface area contributed by atoms with Crippen LogP contribution < -0.4 is 5.46 Å². The highest BCUT2D eigenvalue weighted by Crippen LogP contribution is 2.36. The van der Waals surface area contributed by atoms with E-state index in [9.17, 15) is 0 Å². The first-order chi connectivity index (χ1) is 7.33. The maximum Gasteiger partial charge on any atom is 0.496 e. The molecule has 0 aromatic carbocycles. The molecule has 1 saturated heterocycles. The number of nitrogens with zero attached hydrogens (tertiary/aromatic N) is 2. The summed E-state index contributed by atoms with van der Waals surface area (Å²) in [5, 5.41) is 7.84. The lowest BCUT2D eigenvalue weighted by Gasteiger charge is -2.32. The van der Waals surface area contributed by atoms with Gasteiger partial charge in [-0.15, -0.1) is 0 Å². The summed E-state index contributed by atoms with van der Waals surface area (Å²) in [6, 6.07) is 1.89. The number of aromatic nitrogens is 2. The lowest BCUT2D eigenvalue weighted by Crippen LogP contribution is -2.41. The van der Waals surface area contributed by atoms with Crippen molar-refractivity contribution in [2.75, 3.05) is 0 Å². The predicted molar refractivity (Wildman–Crippen MR) is 62.5 cm³/mol. The van der Waals surface area contributed by atoms with Crippen LogP contribution in [-0.4, -0.2) is 28.5 Å². The Kier molecular flexibility index (Phi) is 2.55. The maximum atomic E-state index is 5.94. The molecule has 1 aliphatic heterocycles. The molecule has 1 fully saturated rings. The number of rotatable bonds is 1. The van der Waals surface area contributed by atoms with Gasteiger partial charge < -0.3 is 9.31 Å². The van der Waals surface area contributed by atoms with Crippen LogP contribution in [0.5, 0.6) is 0 Å². The molecule has 0 N–H and O–H groups in total. The molecule has 1 aromatic rings. The number of hydrogen-bond donors (Lipinski definition) is 0. The summed E-state index contributed by atoms with van der Waals surface area (Å²) in [5.74, 6) is 0. The van der Waals surface area contributed by atoms with Gasteiger partial charge in [-0.25, -0.2) is 0 Å². The van der Waals surface area contributed by atoms with Gasteiger partial charge in [0, 0.05) is 11.7 Å². The minimum atomic E-state index is -0.347. The monoisotopic (exact) mass is 220 g/mol. The highest BCUT2D eigenvalue weighted by Gasteiger charge is 2.52. The zero-order chi connectivity index (χ0) is 12.0. The summed E-state index contributed by atoms with van der Waals surface area (Å²) in [5.41, 5.74) is 1.18. The van der Waals surface area contributed by atoms with E-state index >= 15 is 0 Å². The third kappa shape index (κ3) is 1.74. The zero-order valence-electron chi connectivity index (χ0n) is 10.4. The van der Waals surface area contributed by atoms with Gasteiger partial charge in [-0.3, -0.25) is 0 Å². The van der Waals surface area contributed by atoms with E-state index in [-0.39, 0.29) is 18.3 Å². The SMILES string of the molecule is Cc1nnccc1B1OC(C)(C)C(C)(C)O1. The Morgan fingerprint density at radius 2 is 1.69 bits per heavy atom. The summed E-state index contributed by atoms with van der Waals surface area (Å²) in [6.45, 7) is 10.1. The maximum absolute atomic E-state index is 5.94. The fraction of sp³-hybridized carbons (Fsp3) is 0.636. The summed E-state index contributed by atoms with van der Waals surface area (Å²) in [7, 11) is -0.347. The molecule has 2 rings (SSSR count). The van der Waals surface area contributed by atoms with Crippen molar-refractivity contribution in [3.05, 3.63) is 18.0 Å². The molecule has 0 unspecified atom stereocenters. The first-order valence-electron chi connectivity index (χ1n) is 5.47. The first kappa shape index (κ1) is 11.5. The van der Waals surface area contributed by atoms with E-state index < -0.39 is 0 Å². The van der Waals surface area contributed by atoms with Crippen molar-refractivity contribution in [2.24, 2.45) is 0 Å². The van der Waals surface area contributed by atoms with Crippen LogP contribution in [0.4, 0.5) is 0 Å². The van der Waals surface area contributed by atoms with Gasteiger partial charge in [0.25, 0.3) is 0 Å². The second-order valence-corrected chi connectivity index (χ2v) is 5.16. The molecule has 0 saturated carbocycles. The summed E-state index contributed by atoms with van der Waals surface area (Å²) < 4.78 is 11.9. The molecule has 0 bridgehead atoms. The van der Waals surface area contributed by atoms with Crippen molar-refractivity contribution in [1.29, 1.82) is 0 Å². The van der Waals surface area contributed by atoms with E-state index in [2.05, 4.69) is 10.2 Å². The minimum absolute atomic E-state index is 0.312. The molecule has 0 aliphatic carbocycles. The van der Waals surface area contributed by atoms with Gasteiger partial charge in [0.2, 0.25) is 0 Å². The lowest BCUT2D eigenvalue weighted by molar-refractivity contribution is 0.00578. The molecule has 1 aromatic heterocycles. The van der Waals surface area contributed by atoms with Crippen LogP contribution in [0.2, 0.25) is 0 Å². The Hall–Kier alpha value is -0.935. The van der Waals surface area contributed by atoms with Gasteiger partial charge in [0.1, 0.15) is 0 Å². The number of hydrogen-bond acceptors (Lipinski definition) is 4. The van der Waals surface area contributed by atoms with Crippen LogP contribution in [0.15, 0.2) is 12.3 Å². The van der Waals surface area contributed by atoms with Gasteiger partial charge in [-0.1, -0.05) is 0 Å². The van der Waals surface area contributed by atoms with E-state index in [1.807, 2.05) is 40.7 Å². The summed E-state index contributed by atoms with van der Waals surface area (Å²) in [4.78, 5) is 0. The second-order valence-electron chi connectivity index (χ2n) is 5.16. The largest absolute Gasteiger partial charge is 0.496 e. The van der Waals surface area contributed by atoms with E-state index in [4.69, 9.17) is 9.31 Å². The first-order valence-corrected chi connectivity index (χ1v) is 5.47. The van der Waals surface area contributed by atoms with Gasteiger partial charge in [-0.05, 0) is 40.7 Å². The third-order valence-corrected chi connectivity index (χ3v) is 3.45. The average Bonchev–Trinajstić information content (AvgIpc) is 2.36. The van der Waals surface area contributed by atoms with Crippen molar-refractivity contribution in [3.63, 3.8) is 0 Å². The van der Waals surface area contributed by atoms with Crippen LogP contribution in [-0.2, 0) is 9.31 Å². The Morgan fingerprint density at radius 1 is 1.12 bits per heavy atom. The molecule has 0 atom stereocenters. The van der Waals surface area contributed by atoms with E-state index in [1.165, 1.54) is 0 Å². The third-order valence-electron chi connectivity index (χ3n) is 3.45. The quantitative estimate of drug-likeness (QED) is 0.664. The van der Waals surface area contributed by atoms with Crippen LogP contribution in [0, 0.1) is 6.92 Å². The Morgan fingerprint density at radius 3 is 2.19 bits per heavy atom. The molecule has 0 amide bonds. The van der Waals surface area contributed by atoms with Gasteiger partial charge in [0.05, 0.1) is 16.9 Å². The number of aryl methyl sites for hydroxylation is 1. The van der Waals surface area contributed by atoms with E-state index in [0.717, 1.165) is 11.2 Å². The summed E-state index contributed by atoms with van der Waals surface area (Å²) >= 11 is 0. The van der Waals surface area contributed by atoms with E-state index in [1.54, 1.807) is 6.20 Å². The standard InChI is InChI=1S/C11H17BN2O2/c1-8-9(6-7-13-14-8)12-15-10(2,3)11(4,5)16-12/h6-7H,1-5H3. The Bertz CT molecular complexity index is 391. The molecular formula is C11H17BN2O2. The second kappa shape index (κ2) is 3.53. The normalized spacial score (nSPS) is 22.4. The summed E-state index contributed by atoms with van der Waals surface area (Å²) in [6.07, 6.45) is 1.66. The molecule has 0 radical (unpaired) electrons. The molecule has 1 aliphatic rings.